The number of anilines is 1. The van der Waals surface area contributed by atoms with E-state index < -0.39 is 10.0 Å². The lowest BCUT2D eigenvalue weighted by Gasteiger charge is -2.20. The van der Waals surface area contributed by atoms with Gasteiger partial charge in [-0.25, -0.2) is 8.42 Å². The van der Waals surface area contributed by atoms with Crippen LogP contribution in [0.15, 0.2) is 39.9 Å². The molecule has 1 saturated heterocycles. The zero-order chi connectivity index (χ0) is 18.3. The van der Waals surface area contributed by atoms with E-state index in [4.69, 9.17) is 0 Å². The number of aryl methyl sites for hydroxylation is 1. The molecule has 2 N–H and O–H groups in total. The summed E-state index contributed by atoms with van der Waals surface area (Å²) >= 11 is 1.58. The Kier molecular flexibility index (Phi) is 4.60. The number of sulfonamides is 1. The zero-order valence-corrected chi connectivity index (χ0v) is 15.7. The lowest BCUT2D eigenvalue weighted by Crippen LogP contribution is -2.30. The van der Waals surface area contributed by atoms with E-state index >= 15 is 0 Å². The summed E-state index contributed by atoms with van der Waals surface area (Å²) in [5.74, 6) is -0.133. The van der Waals surface area contributed by atoms with E-state index in [0.29, 0.717) is 31.6 Å². The summed E-state index contributed by atoms with van der Waals surface area (Å²) in [6.45, 7) is 0.647. The van der Waals surface area contributed by atoms with E-state index in [1.807, 2.05) is 16.8 Å². The zero-order valence-electron chi connectivity index (χ0n) is 14.1. The van der Waals surface area contributed by atoms with Crippen molar-refractivity contribution in [3.8, 4) is 0 Å². The number of nitrogens with one attached hydrogen (secondary N) is 1. The number of fused-ring (bicyclic) bond motifs is 1. The van der Waals surface area contributed by atoms with Gasteiger partial charge in [-0.3, -0.25) is 4.79 Å². The molecule has 0 spiro atoms. The Morgan fingerprint density at radius 2 is 2.08 bits per heavy atom. The monoisotopic (exact) mass is 392 g/mol. The molecule has 0 radical (unpaired) electrons. The van der Waals surface area contributed by atoms with Crippen molar-refractivity contribution < 1.29 is 18.3 Å². The Hall–Kier alpha value is -1.74. The second kappa shape index (κ2) is 6.77. The fourth-order valence-electron chi connectivity index (χ4n) is 3.75. The number of carbonyl (C=O) groups is 1. The van der Waals surface area contributed by atoms with Crippen LogP contribution >= 0.6 is 11.3 Å². The first-order chi connectivity index (χ1) is 12.5. The lowest BCUT2D eigenvalue weighted by atomic mass is 9.92. The standard InChI is InChI=1S/C18H20N2O4S2/c21-10-14-8-20(9-16(14)13-5-6-25-11-13)26(23,24)15-2-3-17-12(7-15)1-4-18(22)19-17/h2-3,5-7,11,14,16,21H,1,4,8-10H2,(H,19,22)/t14-,16+/m0/s1. The van der Waals surface area contributed by atoms with Gasteiger partial charge in [-0.1, -0.05) is 0 Å². The highest BCUT2D eigenvalue weighted by molar-refractivity contribution is 7.89. The van der Waals surface area contributed by atoms with Gasteiger partial charge in [-0.05, 0) is 52.6 Å². The van der Waals surface area contributed by atoms with Crippen molar-refractivity contribution in [2.75, 3.05) is 25.0 Å². The quantitative estimate of drug-likeness (QED) is 0.834. The van der Waals surface area contributed by atoms with Gasteiger partial charge >= 0.3 is 0 Å². The van der Waals surface area contributed by atoms with Crippen molar-refractivity contribution in [3.05, 3.63) is 46.2 Å². The number of amides is 1. The first kappa shape index (κ1) is 17.7. The van der Waals surface area contributed by atoms with Crippen LogP contribution in [0.3, 0.4) is 0 Å². The molecule has 1 fully saturated rings. The van der Waals surface area contributed by atoms with Crippen LogP contribution in [0.1, 0.15) is 23.5 Å². The molecule has 26 heavy (non-hydrogen) atoms. The van der Waals surface area contributed by atoms with Crippen molar-refractivity contribution in [1.82, 2.24) is 4.31 Å². The molecule has 3 heterocycles. The third kappa shape index (κ3) is 3.07. The normalized spacial score (nSPS) is 23.7. The Morgan fingerprint density at radius 3 is 2.81 bits per heavy atom. The van der Waals surface area contributed by atoms with E-state index in [1.165, 1.54) is 4.31 Å². The SMILES string of the molecule is O=C1CCc2cc(S(=O)(=O)N3C[C@@H](CO)[C@@H](c4ccsc4)C3)ccc2N1. The number of aliphatic hydroxyl groups is 1. The number of aliphatic hydroxyl groups excluding tert-OH is 1. The van der Waals surface area contributed by atoms with Gasteiger partial charge in [0.05, 0.1) is 4.90 Å². The molecule has 0 bridgehead atoms. The fraction of sp³-hybridized carbons (Fsp3) is 0.389. The maximum atomic E-state index is 13.1. The first-order valence-corrected chi connectivity index (χ1v) is 10.9. The van der Waals surface area contributed by atoms with E-state index in [0.717, 1.165) is 11.1 Å². The summed E-state index contributed by atoms with van der Waals surface area (Å²) < 4.78 is 27.7. The van der Waals surface area contributed by atoms with Gasteiger partial charge in [0.15, 0.2) is 0 Å². The molecule has 4 rings (SSSR count). The maximum absolute atomic E-state index is 13.1. The van der Waals surface area contributed by atoms with Crippen molar-refractivity contribution >= 4 is 33.0 Å². The van der Waals surface area contributed by atoms with Crippen LogP contribution in [0, 0.1) is 5.92 Å². The Morgan fingerprint density at radius 1 is 1.23 bits per heavy atom. The van der Waals surface area contributed by atoms with Gasteiger partial charge < -0.3 is 10.4 Å². The number of nitrogens with zero attached hydrogens (tertiary/aromatic N) is 1. The molecule has 1 amide bonds. The minimum absolute atomic E-state index is 0.0120. The summed E-state index contributed by atoms with van der Waals surface area (Å²) in [6.07, 6.45) is 0.911. The Labute approximate surface area is 156 Å². The highest BCUT2D eigenvalue weighted by atomic mass is 32.2. The largest absolute Gasteiger partial charge is 0.396 e. The highest BCUT2D eigenvalue weighted by Crippen LogP contribution is 2.37. The molecule has 1 aromatic carbocycles. The molecule has 6 nitrogen and oxygen atoms in total. The first-order valence-electron chi connectivity index (χ1n) is 8.55. The summed E-state index contributed by atoms with van der Waals surface area (Å²) in [5, 5.41) is 16.5. The molecular weight excluding hydrogens is 372 g/mol. The van der Waals surface area contributed by atoms with E-state index in [-0.39, 0.29) is 29.2 Å². The van der Waals surface area contributed by atoms with E-state index in [2.05, 4.69) is 5.32 Å². The van der Waals surface area contributed by atoms with Crippen molar-refractivity contribution in [3.63, 3.8) is 0 Å². The molecular formula is C18H20N2O4S2. The van der Waals surface area contributed by atoms with Gasteiger partial charge in [-0.15, -0.1) is 0 Å². The van der Waals surface area contributed by atoms with Gasteiger partial charge in [-0.2, -0.15) is 15.6 Å². The van der Waals surface area contributed by atoms with Crippen LogP contribution < -0.4 is 5.32 Å². The van der Waals surface area contributed by atoms with Crippen LogP contribution in [0.4, 0.5) is 5.69 Å². The van der Waals surface area contributed by atoms with E-state index in [9.17, 15) is 18.3 Å². The molecule has 2 aliphatic heterocycles. The number of hydrogen-bond donors (Lipinski definition) is 2. The van der Waals surface area contributed by atoms with E-state index in [1.54, 1.807) is 29.5 Å². The van der Waals surface area contributed by atoms with Gasteiger partial charge in [0.1, 0.15) is 0 Å². The van der Waals surface area contributed by atoms with Gasteiger partial charge in [0.25, 0.3) is 0 Å². The number of thiophene rings is 1. The predicted molar refractivity (Wildman–Crippen MR) is 99.8 cm³/mol. The molecule has 138 valence electrons. The second-order valence-corrected chi connectivity index (χ2v) is 9.51. The van der Waals surface area contributed by atoms with Gasteiger partial charge in [0, 0.05) is 43.6 Å². The average molecular weight is 393 g/mol. The topological polar surface area (TPSA) is 86.7 Å². The number of rotatable bonds is 4. The average Bonchev–Trinajstić information content (AvgIpc) is 3.30. The second-order valence-electron chi connectivity index (χ2n) is 6.79. The molecule has 2 aromatic rings. The third-order valence-corrected chi connectivity index (χ3v) is 7.75. The minimum Gasteiger partial charge on any atom is -0.396 e. The number of carbonyl (C=O) groups excluding carboxylic acids is 1. The molecule has 8 heteroatoms. The van der Waals surface area contributed by atoms with Crippen LogP contribution in [0.5, 0.6) is 0 Å². The smallest absolute Gasteiger partial charge is 0.243 e. The maximum Gasteiger partial charge on any atom is 0.243 e. The third-order valence-electron chi connectivity index (χ3n) is 5.22. The van der Waals surface area contributed by atoms with Crippen molar-refractivity contribution in [2.24, 2.45) is 5.92 Å². The Balaban J connectivity index is 1.62. The molecule has 2 aliphatic rings. The Bertz CT molecular complexity index is 925. The molecule has 0 unspecified atom stereocenters. The predicted octanol–water partition coefficient (Wildman–Crippen LogP) is 2.03. The molecule has 1 aromatic heterocycles. The number of hydrogen-bond acceptors (Lipinski definition) is 5. The summed E-state index contributed by atoms with van der Waals surface area (Å²) in [4.78, 5) is 11.7. The van der Waals surface area contributed by atoms with Crippen LogP contribution in [0.25, 0.3) is 0 Å². The highest BCUT2D eigenvalue weighted by Gasteiger charge is 2.40. The van der Waals surface area contributed by atoms with Crippen molar-refractivity contribution in [2.45, 2.75) is 23.7 Å². The lowest BCUT2D eigenvalue weighted by molar-refractivity contribution is -0.116. The van der Waals surface area contributed by atoms with Gasteiger partial charge in [0.2, 0.25) is 15.9 Å². The molecule has 2 atom stereocenters. The van der Waals surface area contributed by atoms with Crippen molar-refractivity contribution in [1.29, 1.82) is 0 Å². The summed E-state index contributed by atoms with van der Waals surface area (Å²) in [5.41, 5.74) is 2.61. The molecule has 0 saturated carbocycles. The fourth-order valence-corrected chi connectivity index (χ4v) is 6.04. The minimum atomic E-state index is -3.64. The van der Waals surface area contributed by atoms with Crippen LogP contribution in [-0.4, -0.2) is 43.4 Å². The summed E-state index contributed by atoms with van der Waals surface area (Å²) in [6, 6.07) is 6.87. The van der Waals surface area contributed by atoms with Crippen LogP contribution in [0.2, 0.25) is 0 Å². The summed E-state index contributed by atoms with van der Waals surface area (Å²) in [7, 11) is -3.64. The molecule has 0 aliphatic carbocycles. The van der Waals surface area contributed by atoms with Crippen LogP contribution in [-0.2, 0) is 21.2 Å². The number of benzene rings is 1.